The molecule has 2 aromatic heterocycles. The molecule has 28 heavy (non-hydrogen) atoms. The van der Waals surface area contributed by atoms with Crippen molar-refractivity contribution in [3.8, 4) is 0 Å². The van der Waals surface area contributed by atoms with Gasteiger partial charge in [-0.3, -0.25) is 0 Å². The van der Waals surface area contributed by atoms with E-state index in [1.807, 2.05) is 11.3 Å². The molecule has 0 bridgehead atoms. The van der Waals surface area contributed by atoms with Gasteiger partial charge in [0.15, 0.2) is 0 Å². The SMILES string of the molecule is C/C=C(\C1=CNCC=C1C)C(=C1CC1)c1cc2ccsc2n1CC.CCCC. The maximum absolute atomic E-state index is 3.39. The van der Waals surface area contributed by atoms with Crippen LogP contribution in [-0.2, 0) is 6.54 Å². The lowest BCUT2D eigenvalue weighted by Gasteiger charge is -2.21. The Labute approximate surface area is 174 Å². The van der Waals surface area contributed by atoms with Gasteiger partial charge >= 0.3 is 0 Å². The predicted octanol–water partition coefficient (Wildman–Crippen LogP) is 7.46. The van der Waals surface area contributed by atoms with Crippen LogP contribution < -0.4 is 5.32 Å². The van der Waals surface area contributed by atoms with E-state index in [0.29, 0.717) is 0 Å². The minimum Gasteiger partial charge on any atom is -0.387 e. The third-order valence-corrected chi connectivity index (χ3v) is 6.43. The number of unbranched alkanes of at least 4 members (excludes halogenated alkanes) is 1. The summed E-state index contributed by atoms with van der Waals surface area (Å²) in [6.07, 6.45) is 11.9. The van der Waals surface area contributed by atoms with Crippen molar-refractivity contribution in [3.63, 3.8) is 0 Å². The van der Waals surface area contributed by atoms with Gasteiger partial charge in [-0.15, -0.1) is 11.3 Å². The van der Waals surface area contributed by atoms with Crippen molar-refractivity contribution in [2.24, 2.45) is 0 Å². The van der Waals surface area contributed by atoms with E-state index in [1.54, 1.807) is 5.57 Å². The molecule has 1 saturated carbocycles. The van der Waals surface area contributed by atoms with Crippen LogP contribution >= 0.6 is 11.3 Å². The molecule has 1 aliphatic carbocycles. The molecule has 0 aromatic carbocycles. The highest BCUT2D eigenvalue weighted by Crippen LogP contribution is 2.45. The summed E-state index contributed by atoms with van der Waals surface area (Å²) >= 11 is 1.85. The van der Waals surface area contributed by atoms with E-state index in [0.717, 1.165) is 13.1 Å². The fraction of sp³-hybridized carbons (Fsp3) is 0.440. The molecule has 0 saturated heterocycles. The molecule has 0 atom stereocenters. The Balaban J connectivity index is 0.000000516. The van der Waals surface area contributed by atoms with Crippen molar-refractivity contribution >= 4 is 27.1 Å². The van der Waals surface area contributed by atoms with E-state index < -0.39 is 0 Å². The van der Waals surface area contributed by atoms with Crippen LogP contribution in [0.3, 0.4) is 0 Å². The van der Waals surface area contributed by atoms with Crippen molar-refractivity contribution in [1.82, 2.24) is 9.88 Å². The van der Waals surface area contributed by atoms with Crippen LogP contribution in [0.15, 0.2) is 58.2 Å². The lowest BCUT2D eigenvalue weighted by atomic mass is 9.89. The van der Waals surface area contributed by atoms with Crippen molar-refractivity contribution in [3.05, 3.63) is 63.9 Å². The van der Waals surface area contributed by atoms with E-state index in [-0.39, 0.29) is 0 Å². The zero-order chi connectivity index (χ0) is 20.1. The number of aryl methyl sites for hydroxylation is 1. The Hall–Kier alpha value is -2.00. The number of dihydropyridines is 1. The van der Waals surface area contributed by atoms with Gasteiger partial charge in [0.05, 0.1) is 5.69 Å². The zero-order valence-electron chi connectivity index (χ0n) is 18.1. The van der Waals surface area contributed by atoms with Crippen LogP contribution in [-0.4, -0.2) is 11.1 Å². The van der Waals surface area contributed by atoms with E-state index in [2.05, 4.69) is 80.4 Å². The number of aromatic nitrogens is 1. The van der Waals surface area contributed by atoms with Gasteiger partial charge in [0.25, 0.3) is 0 Å². The molecule has 3 heteroatoms. The van der Waals surface area contributed by atoms with Crippen molar-refractivity contribution in [1.29, 1.82) is 0 Å². The molecule has 2 nitrogen and oxygen atoms in total. The summed E-state index contributed by atoms with van der Waals surface area (Å²) < 4.78 is 2.49. The van der Waals surface area contributed by atoms with Crippen molar-refractivity contribution in [2.75, 3.05) is 6.54 Å². The third kappa shape index (κ3) is 4.20. The Kier molecular flexibility index (Phi) is 7.01. The van der Waals surface area contributed by atoms with Gasteiger partial charge in [0.2, 0.25) is 0 Å². The molecule has 0 radical (unpaired) electrons. The van der Waals surface area contributed by atoms with Crippen molar-refractivity contribution < 1.29 is 0 Å². The van der Waals surface area contributed by atoms with Gasteiger partial charge in [-0.1, -0.05) is 44.4 Å². The molecule has 150 valence electrons. The van der Waals surface area contributed by atoms with Crippen LogP contribution in [0, 0.1) is 0 Å². The maximum Gasteiger partial charge on any atom is 0.103 e. The van der Waals surface area contributed by atoms with E-state index in [4.69, 9.17) is 0 Å². The summed E-state index contributed by atoms with van der Waals surface area (Å²) in [7, 11) is 0. The molecule has 2 aliphatic rings. The molecule has 3 heterocycles. The molecule has 0 amide bonds. The number of allylic oxidation sites excluding steroid dienone is 6. The second-order valence-corrected chi connectivity index (χ2v) is 8.38. The summed E-state index contributed by atoms with van der Waals surface area (Å²) in [4.78, 5) is 1.39. The predicted molar refractivity (Wildman–Crippen MR) is 126 cm³/mol. The molecule has 1 aliphatic heterocycles. The summed E-state index contributed by atoms with van der Waals surface area (Å²) in [5.74, 6) is 0. The summed E-state index contributed by atoms with van der Waals surface area (Å²) in [6.45, 7) is 12.9. The lowest BCUT2D eigenvalue weighted by Crippen LogP contribution is -2.14. The normalized spacial score (nSPS) is 16.2. The monoisotopic (exact) mass is 394 g/mol. The lowest BCUT2D eigenvalue weighted by molar-refractivity contribution is 0.791. The third-order valence-electron chi connectivity index (χ3n) is 5.47. The van der Waals surface area contributed by atoms with Gasteiger partial charge in [0, 0.05) is 35.8 Å². The largest absolute Gasteiger partial charge is 0.387 e. The van der Waals surface area contributed by atoms with Crippen LogP contribution in [0.4, 0.5) is 0 Å². The minimum atomic E-state index is 0.930. The van der Waals surface area contributed by atoms with Gasteiger partial charge in [-0.05, 0) is 62.3 Å². The Bertz CT molecular complexity index is 939. The molecule has 4 rings (SSSR count). The maximum atomic E-state index is 3.39. The first kappa shape index (κ1) is 20.7. The molecular weight excluding hydrogens is 360 g/mol. The Morgan fingerprint density at radius 1 is 1.21 bits per heavy atom. The fourth-order valence-corrected chi connectivity index (χ4v) is 4.60. The second kappa shape index (κ2) is 9.47. The number of thiophene rings is 1. The van der Waals surface area contributed by atoms with E-state index in [1.165, 1.54) is 63.9 Å². The highest BCUT2D eigenvalue weighted by molar-refractivity contribution is 7.16. The smallest absolute Gasteiger partial charge is 0.103 e. The fourth-order valence-electron chi connectivity index (χ4n) is 3.64. The molecule has 1 N–H and O–H groups in total. The number of fused-ring (bicyclic) bond motifs is 1. The van der Waals surface area contributed by atoms with Crippen LogP contribution in [0.25, 0.3) is 15.8 Å². The average molecular weight is 395 g/mol. The molecule has 2 aromatic rings. The van der Waals surface area contributed by atoms with E-state index in [9.17, 15) is 0 Å². The van der Waals surface area contributed by atoms with Gasteiger partial charge < -0.3 is 9.88 Å². The van der Waals surface area contributed by atoms with Gasteiger partial charge in [-0.2, -0.15) is 0 Å². The summed E-state index contributed by atoms with van der Waals surface area (Å²) in [5, 5.41) is 6.95. The number of nitrogens with zero attached hydrogens (tertiary/aromatic N) is 1. The molecule has 0 spiro atoms. The Morgan fingerprint density at radius 2 is 1.96 bits per heavy atom. The van der Waals surface area contributed by atoms with E-state index >= 15 is 0 Å². The highest BCUT2D eigenvalue weighted by Gasteiger charge is 2.27. The van der Waals surface area contributed by atoms with Crippen LogP contribution in [0.5, 0.6) is 0 Å². The molecule has 1 fully saturated rings. The topological polar surface area (TPSA) is 17.0 Å². The number of rotatable bonds is 5. The molecular formula is C25H34N2S. The minimum absolute atomic E-state index is 0.930. The first-order valence-electron chi connectivity index (χ1n) is 10.7. The number of nitrogens with one attached hydrogen (secondary N) is 1. The first-order valence-corrected chi connectivity index (χ1v) is 11.6. The van der Waals surface area contributed by atoms with Crippen molar-refractivity contribution in [2.45, 2.75) is 66.8 Å². The quantitative estimate of drug-likeness (QED) is 0.557. The standard InChI is InChI=1S/C21H24N2S.C4H10/c1-4-17(18-13-22-10-8-14(18)3)20(15-6-7-15)19-12-16-9-11-24-21(16)23(19)5-2;1-3-4-2/h4,8-9,11-13,22H,5-7,10H2,1-3H3;3-4H2,1-2H3/b17-4+;. The first-order chi connectivity index (χ1) is 13.7. The average Bonchev–Trinajstić information content (AvgIpc) is 3.34. The Morgan fingerprint density at radius 3 is 2.54 bits per heavy atom. The summed E-state index contributed by atoms with van der Waals surface area (Å²) in [6, 6.07) is 4.63. The number of hydrogen-bond donors (Lipinski definition) is 1. The zero-order valence-corrected chi connectivity index (χ0v) is 18.9. The highest BCUT2D eigenvalue weighted by atomic mass is 32.1. The summed E-state index contributed by atoms with van der Waals surface area (Å²) in [5.41, 5.74) is 8.54. The second-order valence-electron chi connectivity index (χ2n) is 7.49. The molecule has 0 unspecified atom stereocenters. The van der Waals surface area contributed by atoms with Crippen LogP contribution in [0.2, 0.25) is 0 Å². The number of hydrogen-bond acceptors (Lipinski definition) is 2. The van der Waals surface area contributed by atoms with Gasteiger partial charge in [-0.25, -0.2) is 0 Å². The van der Waals surface area contributed by atoms with Gasteiger partial charge in [0.1, 0.15) is 4.83 Å². The van der Waals surface area contributed by atoms with Crippen LogP contribution in [0.1, 0.15) is 66.0 Å².